The van der Waals surface area contributed by atoms with E-state index in [1.54, 1.807) is 21.3 Å². The Labute approximate surface area is 244 Å². The largest absolute Gasteiger partial charge is 0.457 e. The topological polar surface area (TPSA) is 162 Å². The van der Waals surface area contributed by atoms with Crippen molar-refractivity contribution in [2.75, 3.05) is 61.0 Å². The van der Waals surface area contributed by atoms with Crippen LogP contribution in [0, 0.1) is 0 Å². The van der Waals surface area contributed by atoms with Crippen LogP contribution in [0.1, 0.15) is 20.8 Å². The lowest BCUT2D eigenvalue weighted by atomic mass is 10.1. The van der Waals surface area contributed by atoms with Crippen LogP contribution in [0.5, 0.6) is 0 Å². The van der Waals surface area contributed by atoms with Crippen LogP contribution in [0.2, 0.25) is 0 Å². The first-order valence-electron chi connectivity index (χ1n) is 14.0. The zero-order chi connectivity index (χ0) is 30.4. The van der Waals surface area contributed by atoms with Crippen LogP contribution in [0.4, 0.5) is 0 Å². The summed E-state index contributed by atoms with van der Waals surface area (Å²) < 4.78 is 63.6. The van der Waals surface area contributed by atoms with Crippen molar-refractivity contribution in [3.05, 3.63) is 0 Å². The minimum atomic E-state index is -0.302. The van der Waals surface area contributed by atoms with Gasteiger partial charge in [0.1, 0.15) is 54.9 Å². The Balaban J connectivity index is 0.000000145. The lowest BCUT2D eigenvalue weighted by Gasteiger charge is -2.15. The van der Waals surface area contributed by atoms with Gasteiger partial charge in [-0.2, -0.15) is 0 Å². The molecule has 6 saturated heterocycles. The Hall–Kier alpha value is -1.95. The fraction of sp³-hybridized carbons (Fsp3) is 0.889. The highest BCUT2D eigenvalue weighted by atomic mass is 16.7. The first-order chi connectivity index (χ1) is 20.2. The highest BCUT2D eigenvalue weighted by Gasteiger charge is 2.51. The molecular weight excluding hydrogens is 564 g/mol. The highest BCUT2D eigenvalue weighted by Crippen LogP contribution is 2.32. The van der Waals surface area contributed by atoms with Gasteiger partial charge in [-0.25, -0.2) is 0 Å². The average Bonchev–Trinajstić information content (AvgIpc) is 3.77. The number of hydrogen-bond donors (Lipinski definition) is 0. The van der Waals surface area contributed by atoms with E-state index in [1.807, 2.05) is 0 Å². The van der Waals surface area contributed by atoms with E-state index in [9.17, 15) is 14.4 Å². The molecule has 0 spiro atoms. The molecule has 0 radical (unpaired) electrons. The van der Waals surface area contributed by atoms with E-state index < -0.39 is 0 Å². The fourth-order valence-corrected chi connectivity index (χ4v) is 5.84. The SMILES string of the molecule is CO[C@@H]1COC2C1OC[C@H]2OC(C)=O.CO[C@@H]1COC2C1OC[C@H]2OC(C)=O.CO[C@@H]1COC2C1OC[C@H]2OC(C)=O. The van der Waals surface area contributed by atoms with E-state index in [2.05, 4.69) is 0 Å². The zero-order valence-corrected chi connectivity index (χ0v) is 24.8. The third-order valence-corrected chi connectivity index (χ3v) is 7.75. The van der Waals surface area contributed by atoms with Gasteiger partial charge in [0, 0.05) is 42.1 Å². The highest BCUT2D eigenvalue weighted by molar-refractivity contribution is 5.67. The number of rotatable bonds is 6. The summed E-state index contributed by atoms with van der Waals surface area (Å²) in [5, 5.41) is 0. The maximum absolute atomic E-state index is 10.8. The maximum atomic E-state index is 10.8. The Kier molecular flexibility index (Phi) is 11.9. The van der Waals surface area contributed by atoms with E-state index in [1.165, 1.54) is 20.8 Å². The first-order valence-corrected chi connectivity index (χ1v) is 14.0. The number of carbonyl (C=O) groups is 3. The Morgan fingerprint density at radius 3 is 0.786 bits per heavy atom. The summed E-state index contributed by atoms with van der Waals surface area (Å²) in [6, 6.07) is 0. The molecule has 0 saturated carbocycles. The van der Waals surface area contributed by atoms with E-state index in [4.69, 9.17) is 56.8 Å². The smallest absolute Gasteiger partial charge is 0.303 e. The molecular formula is C27H42O15. The second-order valence-electron chi connectivity index (χ2n) is 10.6. The monoisotopic (exact) mass is 606 g/mol. The molecule has 12 atom stereocenters. The Morgan fingerprint density at radius 2 is 0.595 bits per heavy atom. The van der Waals surface area contributed by atoms with Crippen LogP contribution >= 0.6 is 0 Å². The van der Waals surface area contributed by atoms with Gasteiger partial charge in [-0.1, -0.05) is 0 Å². The summed E-state index contributed by atoms with van der Waals surface area (Å²) in [7, 11) is 4.87. The number of ether oxygens (including phenoxy) is 12. The number of carbonyl (C=O) groups excluding carboxylic acids is 3. The summed E-state index contributed by atoms with van der Waals surface area (Å²) in [5.74, 6) is -0.906. The van der Waals surface area contributed by atoms with Crippen molar-refractivity contribution in [1.29, 1.82) is 0 Å². The molecule has 6 aliphatic rings. The van der Waals surface area contributed by atoms with Crippen LogP contribution in [0.3, 0.4) is 0 Å². The van der Waals surface area contributed by atoms with Crippen molar-refractivity contribution >= 4 is 17.9 Å². The Bertz CT molecular complexity index is 802. The van der Waals surface area contributed by atoms with Crippen molar-refractivity contribution in [2.24, 2.45) is 0 Å². The molecule has 0 amide bonds. The van der Waals surface area contributed by atoms with E-state index in [0.717, 1.165) is 0 Å². The first kappa shape index (κ1) is 33.0. The number of hydrogen-bond acceptors (Lipinski definition) is 15. The van der Waals surface area contributed by atoms with Crippen molar-refractivity contribution in [3.8, 4) is 0 Å². The number of methoxy groups -OCH3 is 3. The van der Waals surface area contributed by atoms with Gasteiger partial charge in [0.05, 0.1) is 39.6 Å². The van der Waals surface area contributed by atoms with Gasteiger partial charge in [0.15, 0.2) is 18.3 Å². The van der Waals surface area contributed by atoms with Gasteiger partial charge in [-0.05, 0) is 0 Å². The molecule has 0 aliphatic carbocycles. The molecule has 0 N–H and O–H groups in total. The van der Waals surface area contributed by atoms with Gasteiger partial charge in [0.25, 0.3) is 0 Å². The summed E-state index contributed by atoms with van der Waals surface area (Å²) in [5.41, 5.74) is 0. The third-order valence-electron chi connectivity index (χ3n) is 7.75. The van der Waals surface area contributed by atoms with Crippen LogP contribution in [-0.2, 0) is 71.2 Å². The molecule has 6 heterocycles. The third kappa shape index (κ3) is 7.76. The summed E-state index contributed by atoms with van der Waals surface area (Å²) in [4.78, 5) is 32.3. The minimum absolute atomic E-state index is 0.0411. The minimum Gasteiger partial charge on any atom is -0.457 e. The van der Waals surface area contributed by atoms with Gasteiger partial charge in [-0.3, -0.25) is 14.4 Å². The summed E-state index contributed by atoms with van der Waals surface area (Å²) in [6.07, 6.45) is -1.73. The molecule has 0 aromatic rings. The van der Waals surface area contributed by atoms with Crippen LogP contribution in [0.15, 0.2) is 0 Å². The second-order valence-corrected chi connectivity index (χ2v) is 10.6. The van der Waals surface area contributed by atoms with Crippen LogP contribution in [-0.4, -0.2) is 152 Å². The summed E-state index contributed by atoms with van der Waals surface area (Å²) >= 11 is 0. The zero-order valence-electron chi connectivity index (χ0n) is 24.8. The number of esters is 3. The second kappa shape index (κ2) is 15.2. The maximum Gasteiger partial charge on any atom is 0.303 e. The molecule has 6 unspecified atom stereocenters. The average molecular weight is 607 g/mol. The van der Waals surface area contributed by atoms with Crippen LogP contribution in [0.25, 0.3) is 0 Å². The molecule has 15 heteroatoms. The molecule has 6 aliphatic heterocycles. The molecule has 240 valence electrons. The van der Waals surface area contributed by atoms with E-state index >= 15 is 0 Å². The lowest BCUT2D eigenvalue weighted by molar-refractivity contribution is -0.151. The predicted octanol–water partition coefficient (Wildman–Crippen LogP) is -0.808. The molecule has 15 nitrogen and oxygen atoms in total. The molecule has 6 fully saturated rings. The van der Waals surface area contributed by atoms with Gasteiger partial charge in [-0.15, -0.1) is 0 Å². The summed E-state index contributed by atoms with van der Waals surface area (Å²) in [6.45, 7) is 6.86. The van der Waals surface area contributed by atoms with Crippen LogP contribution < -0.4 is 0 Å². The number of fused-ring (bicyclic) bond motifs is 3. The fourth-order valence-electron chi connectivity index (χ4n) is 5.84. The molecule has 0 bridgehead atoms. The molecule has 0 aromatic carbocycles. The van der Waals surface area contributed by atoms with Gasteiger partial charge < -0.3 is 56.8 Å². The standard InChI is InChI=1S/3C9H14O5/c3*1-5(10)14-7-4-13-8-6(11-2)3-12-9(7)8/h3*6-9H,3-4H2,1-2H3/t3*6-,7-,8?,9?/m111/s1. The van der Waals surface area contributed by atoms with Crippen molar-refractivity contribution in [1.82, 2.24) is 0 Å². The Morgan fingerprint density at radius 1 is 0.405 bits per heavy atom. The van der Waals surface area contributed by atoms with Gasteiger partial charge >= 0.3 is 17.9 Å². The van der Waals surface area contributed by atoms with Gasteiger partial charge in [0.2, 0.25) is 0 Å². The normalized spacial score (nSPS) is 41.0. The van der Waals surface area contributed by atoms with Crippen molar-refractivity contribution in [2.45, 2.75) is 94.0 Å². The van der Waals surface area contributed by atoms with E-state index in [-0.39, 0.29) is 91.2 Å². The predicted molar refractivity (Wildman–Crippen MR) is 137 cm³/mol. The molecule has 6 rings (SSSR count). The molecule has 0 aromatic heterocycles. The molecule has 42 heavy (non-hydrogen) atoms. The van der Waals surface area contributed by atoms with Crippen molar-refractivity contribution in [3.63, 3.8) is 0 Å². The van der Waals surface area contributed by atoms with E-state index in [0.29, 0.717) is 39.6 Å². The lowest BCUT2D eigenvalue weighted by Crippen LogP contribution is -2.34. The van der Waals surface area contributed by atoms with Crippen molar-refractivity contribution < 1.29 is 71.2 Å². The quantitative estimate of drug-likeness (QED) is 0.272.